The second kappa shape index (κ2) is 6.55. The maximum Gasteiger partial charge on any atom is 0.148 e. The maximum atomic E-state index is 14.0. The molecule has 3 aromatic rings. The van der Waals surface area contributed by atoms with Gasteiger partial charge in [-0.15, -0.1) is 0 Å². The summed E-state index contributed by atoms with van der Waals surface area (Å²) >= 11 is 0. The van der Waals surface area contributed by atoms with Crippen molar-refractivity contribution >= 4 is 11.9 Å². The van der Waals surface area contributed by atoms with Gasteiger partial charge in [-0.3, -0.25) is 9.97 Å². The summed E-state index contributed by atoms with van der Waals surface area (Å²) in [6, 6.07) is 2.53. The molecule has 0 saturated heterocycles. The number of fused-ring (bicyclic) bond motifs is 1. The molecule has 0 bridgehead atoms. The van der Waals surface area contributed by atoms with Gasteiger partial charge < -0.3 is 15.6 Å². The number of hydrogen-bond acceptors (Lipinski definition) is 6. The molecule has 0 aromatic carbocycles. The Kier molecular flexibility index (Phi) is 4.08. The molecule has 1 aliphatic rings. The number of nitrogens with two attached hydrogens (primary N) is 1. The lowest BCUT2D eigenvalue weighted by atomic mass is 9.99. The molecular weight excluding hydrogens is 333 g/mol. The third-order valence-electron chi connectivity index (χ3n) is 4.37. The third-order valence-corrected chi connectivity index (χ3v) is 4.37. The highest BCUT2D eigenvalue weighted by Gasteiger charge is 2.32. The number of nitrogens with one attached hydrogen (secondary N) is 1. The van der Waals surface area contributed by atoms with Crippen LogP contribution in [0, 0.1) is 12.7 Å². The molecule has 0 fully saturated rings. The van der Waals surface area contributed by atoms with E-state index in [4.69, 9.17) is 5.73 Å². The van der Waals surface area contributed by atoms with Crippen molar-refractivity contribution < 1.29 is 4.39 Å². The topological polar surface area (TPSA) is 96.6 Å². The molecule has 0 unspecified atom stereocenters. The smallest absolute Gasteiger partial charge is 0.148 e. The molecule has 0 saturated carbocycles. The van der Waals surface area contributed by atoms with Crippen LogP contribution in [0.15, 0.2) is 42.7 Å². The van der Waals surface area contributed by atoms with Crippen LogP contribution in [0.4, 0.5) is 10.2 Å². The van der Waals surface area contributed by atoms with Crippen LogP contribution in [0.2, 0.25) is 0 Å². The van der Waals surface area contributed by atoms with Crippen LogP contribution in [-0.4, -0.2) is 31.5 Å². The first kappa shape index (κ1) is 16.2. The number of aromatic amines is 1. The van der Waals surface area contributed by atoms with Crippen molar-refractivity contribution in [2.45, 2.75) is 19.4 Å². The van der Waals surface area contributed by atoms with Crippen LogP contribution in [0.3, 0.4) is 0 Å². The molecule has 4 heterocycles. The number of aryl methyl sites for hydroxylation is 1. The van der Waals surface area contributed by atoms with Crippen molar-refractivity contribution in [2.75, 3.05) is 11.4 Å². The molecule has 3 N–H and O–H groups in total. The number of rotatable bonds is 3. The van der Waals surface area contributed by atoms with E-state index >= 15 is 0 Å². The molecule has 3 aromatic heterocycles. The summed E-state index contributed by atoms with van der Waals surface area (Å²) < 4.78 is 14.0. The summed E-state index contributed by atoms with van der Waals surface area (Å²) in [6.07, 6.45) is 8.93. The molecule has 0 spiro atoms. The third kappa shape index (κ3) is 2.90. The number of pyridine rings is 1. The first-order chi connectivity index (χ1) is 12.6. The van der Waals surface area contributed by atoms with E-state index in [0.29, 0.717) is 18.1 Å². The SMILES string of the molecule is Cc1cncc(N2CCc3[nH]cnc3[C@H]2/C(N)=C/c2ncccc2F)n1. The highest BCUT2D eigenvalue weighted by atomic mass is 19.1. The van der Waals surface area contributed by atoms with Gasteiger partial charge in [0, 0.05) is 36.8 Å². The zero-order chi connectivity index (χ0) is 18.1. The molecule has 1 atom stereocenters. The molecule has 4 rings (SSSR count). The molecule has 132 valence electrons. The highest BCUT2D eigenvalue weighted by Crippen LogP contribution is 2.34. The summed E-state index contributed by atoms with van der Waals surface area (Å²) in [7, 11) is 0. The molecule has 0 radical (unpaired) electrons. The van der Waals surface area contributed by atoms with Gasteiger partial charge in [-0.25, -0.2) is 14.4 Å². The monoisotopic (exact) mass is 351 g/mol. The van der Waals surface area contributed by atoms with E-state index in [0.717, 1.165) is 23.5 Å². The van der Waals surface area contributed by atoms with Gasteiger partial charge in [-0.05, 0) is 25.1 Å². The van der Waals surface area contributed by atoms with Crippen molar-refractivity contribution in [3.63, 3.8) is 0 Å². The Balaban J connectivity index is 1.80. The van der Waals surface area contributed by atoms with E-state index in [1.807, 2.05) is 11.8 Å². The van der Waals surface area contributed by atoms with Crippen LogP contribution in [0.1, 0.15) is 28.8 Å². The van der Waals surface area contributed by atoms with Crippen molar-refractivity contribution in [3.8, 4) is 0 Å². The number of hydrogen-bond donors (Lipinski definition) is 2. The maximum absolute atomic E-state index is 14.0. The van der Waals surface area contributed by atoms with Crippen LogP contribution in [0.25, 0.3) is 6.08 Å². The number of H-pyrrole nitrogens is 1. The number of halogens is 1. The van der Waals surface area contributed by atoms with Gasteiger partial charge in [0.2, 0.25) is 0 Å². The number of anilines is 1. The summed E-state index contributed by atoms with van der Waals surface area (Å²) in [4.78, 5) is 22.5. The minimum Gasteiger partial charge on any atom is -0.400 e. The number of nitrogens with zero attached hydrogens (tertiary/aromatic N) is 5. The van der Waals surface area contributed by atoms with Gasteiger partial charge >= 0.3 is 0 Å². The van der Waals surface area contributed by atoms with Crippen molar-refractivity contribution in [3.05, 3.63) is 71.3 Å². The molecule has 26 heavy (non-hydrogen) atoms. The fraction of sp³-hybridized carbons (Fsp3) is 0.222. The van der Waals surface area contributed by atoms with Crippen LogP contribution in [0.5, 0.6) is 0 Å². The van der Waals surface area contributed by atoms with Crippen LogP contribution >= 0.6 is 0 Å². The Morgan fingerprint density at radius 3 is 3.08 bits per heavy atom. The van der Waals surface area contributed by atoms with Crippen molar-refractivity contribution in [2.24, 2.45) is 5.73 Å². The first-order valence-electron chi connectivity index (χ1n) is 8.28. The van der Waals surface area contributed by atoms with E-state index in [2.05, 4.69) is 24.9 Å². The molecule has 0 amide bonds. The van der Waals surface area contributed by atoms with Gasteiger partial charge in [0.1, 0.15) is 23.4 Å². The zero-order valence-electron chi connectivity index (χ0n) is 14.2. The lowest BCUT2D eigenvalue weighted by Crippen LogP contribution is -2.39. The largest absolute Gasteiger partial charge is 0.400 e. The molecular formula is C18H18FN7. The second-order valence-corrected chi connectivity index (χ2v) is 6.15. The summed E-state index contributed by atoms with van der Waals surface area (Å²) in [5.74, 6) is 0.289. The summed E-state index contributed by atoms with van der Waals surface area (Å²) in [6.45, 7) is 2.58. The highest BCUT2D eigenvalue weighted by molar-refractivity contribution is 5.56. The molecule has 7 nitrogen and oxygen atoms in total. The molecule has 1 aliphatic heterocycles. The average molecular weight is 351 g/mol. The van der Waals surface area contributed by atoms with Crippen LogP contribution < -0.4 is 10.6 Å². The van der Waals surface area contributed by atoms with Gasteiger partial charge in [0.05, 0.1) is 23.9 Å². The molecule has 0 aliphatic carbocycles. The lowest BCUT2D eigenvalue weighted by Gasteiger charge is -2.36. The molecule has 8 heteroatoms. The van der Waals surface area contributed by atoms with Crippen molar-refractivity contribution in [1.29, 1.82) is 0 Å². The van der Waals surface area contributed by atoms with E-state index in [-0.39, 0.29) is 11.7 Å². The minimum atomic E-state index is -0.421. The lowest BCUT2D eigenvalue weighted by molar-refractivity contribution is 0.608. The standard InChI is InChI=1S/C18H18FN7/c1-11-8-21-9-16(25-11)26-6-4-14-17(24-10-23-14)18(26)13(20)7-15-12(19)3-2-5-22-15/h2-3,5,7-10,18H,4,6,20H2,1H3,(H,23,24)/b13-7-/t18-/m1/s1. The predicted octanol–water partition coefficient (Wildman–Crippen LogP) is 2.15. The first-order valence-corrected chi connectivity index (χ1v) is 8.28. The van der Waals surface area contributed by atoms with Gasteiger partial charge in [-0.2, -0.15) is 0 Å². The zero-order valence-corrected chi connectivity index (χ0v) is 14.2. The Morgan fingerprint density at radius 2 is 2.27 bits per heavy atom. The number of aromatic nitrogens is 5. The summed E-state index contributed by atoms with van der Waals surface area (Å²) in [5, 5.41) is 0. The van der Waals surface area contributed by atoms with E-state index in [1.54, 1.807) is 30.9 Å². The van der Waals surface area contributed by atoms with Crippen molar-refractivity contribution in [1.82, 2.24) is 24.9 Å². The van der Waals surface area contributed by atoms with Gasteiger partial charge in [0.15, 0.2) is 0 Å². The second-order valence-electron chi connectivity index (χ2n) is 6.15. The Labute approximate surface area is 149 Å². The van der Waals surface area contributed by atoms with Crippen LogP contribution in [-0.2, 0) is 6.42 Å². The Hall–Kier alpha value is -3.29. The fourth-order valence-electron chi connectivity index (χ4n) is 3.19. The Bertz CT molecular complexity index is 965. The number of imidazole rings is 1. The van der Waals surface area contributed by atoms with E-state index in [9.17, 15) is 4.39 Å². The minimum absolute atomic E-state index is 0.197. The summed E-state index contributed by atoms with van der Waals surface area (Å²) in [5.41, 5.74) is 9.68. The van der Waals surface area contributed by atoms with E-state index in [1.165, 1.54) is 12.3 Å². The quantitative estimate of drug-likeness (QED) is 0.750. The fourth-order valence-corrected chi connectivity index (χ4v) is 3.19. The van der Waals surface area contributed by atoms with E-state index < -0.39 is 5.82 Å². The average Bonchev–Trinajstić information content (AvgIpc) is 3.11. The predicted molar refractivity (Wildman–Crippen MR) is 95.5 cm³/mol. The van der Waals surface area contributed by atoms with Gasteiger partial charge in [0.25, 0.3) is 0 Å². The Morgan fingerprint density at radius 1 is 1.38 bits per heavy atom. The van der Waals surface area contributed by atoms with Gasteiger partial charge in [-0.1, -0.05) is 0 Å². The normalized spacial score (nSPS) is 17.2.